The molecule has 4 rings (SSSR count). The van der Waals surface area contributed by atoms with Crippen LogP contribution < -0.4 is 0 Å². The number of fused-ring (bicyclic) bond motifs is 5. The van der Waals surface area contributed by atoms with Gasteiger partial charge in [-0.3, -0.25) is 4.79 Å². The Bertz CT molecular complexity index is 492. The maximum Gasteiger partial charge on any atom is 0.139 e. The van der Waals surface area contributed by atoms with Crippen LogP contribution in [0.15, 0.2) is 12.2 Å². The lowest BCUT2D eigenvalue weighted by Crippen LogP contribution is -2.52. The third-order valence-electron chi connectivity index (χ3n) is 8.33. The number of ketones is 1. The van der Waals surface area contributed by atoms with E-state index in [1.54, 1.807) is 0 Å². The van der Waals surface area contributed by atoms with Crippen LogP contribution in [0.5, 0.6) is 0 Å². The maximum absolute atomic E-state index is 12.4. The number of hydrogen-bond acceptors (Lipinski definition) is 1. The summed E-state index contributed by atoms with van der Waals surface area (Å²) in [6.07, 6.45) is 11.2. The van der Waals surface area contributed by atoms with Crippen LogP contribution in [0.2, 0.25) is 0 Å². The van der Waals surface area contributed by atoms with Crippen molar-refractivity contribution < 1.29 is 4.79 Å². The Labute approximate surface area is 129 Å². The number of Topliss-reactive ketones (excluding diaryl/α,β-unsaturated/α-hetero) is 1. The van der Waals surface area contributed by atoms with Crippen LogP contribution in [-0.4, -0.2) is 5.78 Å². The zero-order valence-electron chi connectivity index (χ0n) is 13.8. The molecule has 0 bridgehead atoms. The monoisotopic (exact) mass is 286 g/mol. The van der Waals surface area contributed by atoms with Gasteiger partial charge in [0.05, 0.1) is 0 Å². The van der Waals surface area contributed by atoms with Gasteiger partial charge in [0.15, 0.2) is 0 Å². The lowest BCUT2D eigenvalue weighted by atomic mass is 9.45. The third kappa shape index (κ3) is 1.79. The van der Waals surface area contributed by atoms with Gasteiger partial charge in [-0.05, 0) is 80.5 Å². The summed E-state index contributed by atoms with van der Waals surface area (Å²) < 4.78 is 0. The molecule has 116 valence electrons. The highest BCUT2D eigenvalue weighted by molar-refractivity contribution is 5.87. The van der Waals surface area contributed by atoms with E-state index in [1.807, 2.05) is 0 Å². The molecule has 0 saturated heterocycles. The first-order valence-electron chi connectivity index (χ1n) is 9.15. The van der Waals surface area contributed by atoms with Gasteiger partial charge in [-0.2, -0.15) is 0 Å². The smallest absolute Gasteiger partial charge is 0.139 e. The van der Waals surface area contributed by atoms with Crippen molar-refractivity contribution in [1.29, 1.82) is 0 Å². The molecule has 0 radical (unpaired) electrons. The fourth-order valence-electron chi connectivity index (χ4n) is 6.93. The Morgan fingerprint density at radius 3 is 2.62 bits per heavy atom. The van der Waals surface area contributed by atoms with Crippen molar-refractivity contribution in [2.75, 3.05) is 0 Å². The molecule has 0 amide bonds. The largest absolute Gasteiger partial charge is 0.299 e. The van der Waals surface area contributed by atoms with Crippen molar-refractivity contribution in [3.05, 3.63) is 12.2 Å². The molecule has 0 aromatic rings. The van der Waals surface area contributed by atoms with E-state index >= 15 is 0 Å². The predicted octanol–water partition coefficient (Wildman–Crippen LogP) is 5.15. The van der Waals surface area contributed by atoms with Crippen LogP contribution in [0, 0.1) is 34.5 Å². The SMILES string of the molecule is C=C1CC[C@@]2(C)[C@@H](CC[C@@H]3[C@@H]2CC[C@@]2(C)C(=O)CC[C@@H]32)C1. The van der Waals surface area contributed by atoms with Gasteiger partial charge in [0, 0.05) is 11.8 Å². The highest BCUT2D eigenvalue weighted by atomic mass is 16.1. The van der Waals surface area contributed by atoms with Gasteiger partial charge in [-0.15, -0.1) is 0 Å². The van der Waals surface area contributed by atoms with E-state index in [9.17, 15) is 4.79 Å². The van der Waals surface area contributed by atoms with E-state index < -0.39 is 0 Å². The quantitative estimate of drug-likeness (QED) is 0.562. The summed E-state index contributed by atoms with van der Waals surface area (Å²) in [6.45, 7) is 9.15. The van der Waals surface area contributed by atoms with E-state index in [1.165, 1.54) is 56.9 Å². The van der Waals surface area contributed by atoms with Crippen LogP contribution in [0.3, 0.4) is 0 Å². The molecule has 21 heavy (non-hydrogen) atoms. The number of rotatable bonds is 0. The molecular formula is C20H30O. The summed E-state index contributed by atoms with van der Waals surface area (Å²) in [7, 11) is 0. The van der Waals surface area contributed by atoms with Crippen molar-refractivity contribution >= 4 is 5.78 Å². The fourth-order valence-corrected chi connectivity index (χ4v) is 6.93. The molecule has 6 atom stereocenters. The summed E-state index contributed by atoms with van der Waals surface area (Å²) in [5.41, 5.74) is 2.08. The minimum Gasteiger partial charge on any atom is -0.299 e. The van der Waals surface area contributed by atoms with Crippen LogP contribution in [0.1, 0.15) is 71.6 Å². The first-order valence-corrected chi connectivity index (χ1v) is 9.15. The van der Waals surface area contributed by atoms with Crippen molar-refractivity contribution in [3.63, 3.8) is 0 Å². The Morgan fingerprint density at radius 1 is 1.00 bits per heavy atom. The van der Waals surface area contributed by atoms with Crippen molar-refractivity contribution in [1.82, 2.24) is 0 Å². The Balaban J connectivity index is 1.65. The topological polar surface area (TPSA) is 17.1 Å². The molecule has 0 aromatic carbocycles. The maximum atomic E-state index is 12.4. The minimum absolute atomic E-state index is 0.0443. The molecule has 0 heterocycles. The Kier molecular flexibility index (Phi) is 2.98. The lowest BCUT2D eigenvalue weighted by molar-refractivity contribution is -0.137. The molecule has 0 unspecified atom stereocenters. The molecule has 4 fully saturated rings. The second-order valence-corrected chi connectivity index (χ2v) is 9.03. The number of carbonyl (C=O) groups is 1. The van der Waals surface area contributed by atoms with E-state index in [-0.39, 0.29) is 5.41 Å². The van der Waals surface area contributed by atoms with Gasteiger partial charge in [-0.25, -0.2) is 0 Å². The lowest BCUT2D eigenvalue weighted by Gasteiger charge is -2.59. The van der Waals surface area contributed by atoms with Crippen molar-refractivity contribution in [2.45, 2.75) is 71.6 Å². The molecule has 0 aromatic heterocycles. The average molecular weight is 286 g/mol. The zero-order valence-corrected chi connectivity index (χ0v) is 13.8. The highest BCUT2D eigenvalue weighted by Gasteiger charge is 2.59. The second-order valence-electron chi connectivity index (χ2n) is 9.03. The van der Waals surface area contributed by atoms with Crippen LogP contribution in [-0.2, 0) is 4.79 Å². The van der Waals surface area contributed by atoms with Crippen molar-refractivity contribution in [2.24, 2.45) is 34.5 Å². The molecule has 1 nitrogen and oxygen atoms in total. The zero-order chi connectivity index (χ0) is 14.8. The molecule has 4 aliphatic carbocycles. The number of carbonyl (C=O) groups excluding carboxylic acids is 1. The average Bonchev–Trinajstić information content (AvgIpc) is 2.76. The standard InChI is InChI=1S/C20H30O/c1-13-8-10-19(2)14(12-13)4-5-15-16-6-7-18(21)20(16,3)11-9-17(15)19/h14-17H,1,4-12H2,2-3H3/t14-,15-,16-,17-,19-,20+/m0/s1. The van der Waals surface area contributed by atoms with Gasteiger partial charge in [0.25, 0.3) is 0 Å². The first kappa shape index (κ1) is 14.0. The van der Waals surface area contributed by atoms with E-state index in [4.69, 9.17) is 0 Å². The summed E-state index contributed by atoms with van der Waals surface area (Å²) in [6, 6.07) is 0. The number of allylic oxidation sites excluding steroid dienone is 1. The molecule has 4 aliphatic rings. The molecular weight excluding hydrogens is 256 g/mol. The van der Waals surface area contributed by atoms with Gasteiger partial charge in [0.1, 0.15) is 5.78 Å². The normalized spacial score (nSPS) is 53.0. The second kappa shape index (κ2) is 4.46. The molecule has 1 heteroatoms. The summed E-state index contributed by atoms with van der Waals surface area (Å²) in [4.78, 5) is 12.4. The molecule has 0 aliphatic heterocycles. The molecule has 4 saturated carbocycles. The van der Waals surface area contributed by atoms with Crippen LogP contribution >= 0.6 is 0 Å². The van der Waals surface area contributed by atoms with E-state index in [2.05, 4.69) is 20.4 Å². The first-order chi connectivity index (χ1) is 9.95. The van der Waals surface area contributed by atoms with Gasteiger partial charge >= 0.3 is 0 Å². The highest BCUT2D eigenvalue weighted by Crippen LogP contribution is 2.65. The Hall–Kier alpha value is -0.590. The van der Waals surface area contributed by atoms with Crippen LogP contribution in [0.25, 0.3) is 0 Å². The van der Waals surface area contributed by atoms with Gasteiger partial charge < -0.3 is 0 Å². The fraction of sp³-hybridized carbons (Fsp3) is 0.850. The summed E-state index contributed by atoms with van der Waals surface area (Å²) in [5.74, 6) is 3.87. The van der Waals surface area contributed by atoms with Gasteiger partial charge in [0.2, 0.25) is 0 Å². The molecule has 0 N–H and O–H groups in total. The summed E-state index contributed by atoms with van der Waals surface area (Å²) >= 11 is 0. The minimum atomic E-state index is 0.0443. The van der Waals surface area contributed by atoms with Gasteiger partial charge in [-0.1, -0.05) is 26.0 Å². The third-order valence-corrected chi connectivity index (χ3v) is 8.33. The van der Waals surface area contributed by atoms with E-state index in [0.29, 0.717) is 17.1 Å². The summed E-state index contributed by atoms with van der Waals surface area (Å²) in [5, 5.41) is 0. The van der Waals surface area contributed by atoms with Crippen molar-refractivity contribution in [3.8, 4) is 0 Å². The van der Waals surface area contributed by atoms with E-state index in [0.717, 1.165) is 24.2 Å². The Morgan fingerprint density at radius 2 is 1.81 bits per heavy atom. The number of hydrogen-bond donors (Lipinski definition) is 0. The predicted molar refractivity (Wildman–Crippen MR) is 85.9 cm³/mol. The molecule has 0 spiro atoms. The van der Waals surface area contributed by atoms with Crippen LogP contribution in [0.4, 0.5) is 0 Å².